The molecule has 0 saturated carbocycles. The summed E-state index contributed by atoms with van der Waals surface area (Å²) in [6.07, 6.45) is 0.894. The molecule has 3 heteroatoms. The molecule has 0 atom stereocenters. The van der Waals surface area contributed by atoms with Crippen molar-refractivity contribution in [1.82, 2.24) is 0 Å². The molecule has 0 spiro atoms. The molecule has 0 aliphatic carbocycles. The third kappa shape index (κ3) is 3.19. The Morgan fingerprint density at radius 1 is 1.54 bits per heavy atom. The fraction of sp³-hybridized carbons (Fsp3) is 0.500. The highest BCUT2D eigenvalue weighted by Gasteiger charge is 2.05. The molecule has 72 valence electrons. The van der Waals surface area contributed by atoms with Gasteiger partial charge in [0.15, 0.2) is 0 Å². The lowest BCUT2D eigenvalue weighted by Crippen LogP contribution is -1.95. The molecule has 0 aliphatic rings. The molecule has 0 aromatic carbocycles. The Labute approximate surface area is 82.2 Å². The van der Waals surface area contributed by atoms with Crippen LogP contribution in [-0.4, -0.2) is 11.1 Å². The maximum atomic E-state index is 10.3. The summed E-state index contributed by atoms with van der Waals surface area (Å²) < 4.78 is 0. The first-order chi connectivity index (χ1) is 6.09. The van der Waals surface area contributed by atoms with E-state index in [9.17, 15) is 4.79 Å². The zero-order chi connectivity index (χ0) is 9.84. The lowest BCUT2D eigenvalue weighted by molar-refractivity contribution is -0.136. The van der Waals surface area contributed by atoms with Crippen molar-refractivity contribution in [3.63, 3.8) is 0 Å². The van der Waals surface area contributed by atoms with Crippen molar-refractivity contribution in [2.75, 3.05) is 0 Å². The Morgan fingerprint density at radius 3 is 2.69 bits per heavy atom. The van der Waals surface area contributed by atoms with Crippen molar-refractivity contribution >= 4 is 17.3 Å². The van der Waals surface area contributed by atoms with Crippen LogP contribution in [0, 0.1) is 0 Å². The van der Waals surface area contributed by atoms with E-state index in [0.29, 0.717) is 12.3 Å². The molecule has 1 aromatic heterocycles. The van der Waals surface area contributed by atoms with Crippen LogP contribution in [-0.2, 0) is 11.2 Å². The highest BCUT2D eigenvalue weighted by molar-refractivity contribution is 7.12. The van der Waals surface area contributed by atoms with Crippen LogP contribution in [0.3, 0.4) is 0 Å². The number of hydrogen-bond donors (Lipinski definition) is 1. The summed E-state index contributed by atoms with van der Waals surface area (Å²) in [4.78, 5) is 12.8. The summed E-state index contributed by atoms with van der Waals surface area (Å²) >= 11 is 1.72. The van der Waals surface area contributed by atoms with Gasteiger partial charge in [0.25, 0.3) is 0 Å². The fourth-order valence-electron chi connectivity index (χ4n) is 1.07. The SMILES string of the molecule is CC(C)c1ccc(CCC(=O)O)s1. The molecule has 0 radical (unpaired) electrons. The first-order valence-electron chi connectivity index (χ1n) is 4.40. The predicted octanol–water partition coefficient (Wildman–Crippen LogP) is 2.89. The third-order valence-electron chi connectivity index (χ3n) is 1.84. The number of carboxylic acids is 1. The van der Waals surface area contributed by atoms with Gasteiger partial charge in [0.2, 0.25) is 0 Å². The van der Waals surface area contributed by atoms with E-state index < -0.39 is 5.97 Å². The van der Waals surface area contributed by atoms with Crippen LogP contribution >= 0.6 is 11.3 Å². The molecule has 0 unspecified atom stereocenters. The number of carbonyl (C=O) groups is 1. The quantitative estimate of drug-likeness (QED) is 0.807. The predicted molar refractivity (Wildman–Crippen MR) is 54.4 cm³/mol. The molecule has 1 aromatic rings. The van der Waals surface area contributed by atoms with Crippen molar-refractivity contribution in [1.29, 1.82) is 0 Å². The zero-order valence-electron chi connectivity index (χ0n) is 7.91. The summed E-state index contributed by atoms with van der Waals surface area (Å²) in [5.41, 5.74) is 0. The van der Waals surface area contributed by atoms with Crippen LogP contribution in [0.15, 0.2) is 12.1 Å². The van der Waals surface area contributed by atoms with Gasteiger partial charge in [-0.15, -0.1) is 11.3 Å². The van der Waals surface area contributed by atoms with E-state index in [0.717, 1.165) is 0 Å². The van der Waals surface area contributed by atoms with Crippen LogP contribution in [0.1, 0.15) is 35.9 Å². The van der Waals surface area contributed by atoms with E-state index in [2.05, 4.69) is 19.9 Å². The molecule has 0 aliphatic heterocycles. The molecule has 1 heterocycles. The summed E-state index contributed by atoms with van der Waals surface area (Å²) in [7, 11) is 0. The van der Waals surface area contributed by atoms with E-state index in [4.69, 9.17) is 5.11 Å². The van der Waals surface area contributed by atoms with Gasteiger partial charge in [-0.05, 0) is 24.5 Å². The van der Waals surface area contributed by atoms with Crippen molar-refractivity contribution in [2.24, 2.45) is 0 Å². The highest BCUT2D eigenvalue weighted by Crippen LogP contribution is 2.24. The van der Waals surface area contributed by atoms with Gasteiger partial charge in [0.1, 0.15) is 0 Å². The second-order valence-corrected chi connectivity index (χ2v) is 4.55. The summed E-state index contributed by atoms with van der Waals surface area (Å²) in [5.74, 6) is -0.178. The van der Waals surface area contributed by atoms with Crippen molar-refractivity contribution in [3.8, 4) is 0 Å². The third-order valence-corrected chi connectivity index (χ3v) is 3.28. The Bertz CT molecular complexity index is 289. The molecular weight excluding hydrogens is 184 g/mol. The topological polar surface area (TPSA) is 37.3 Å². The van der Waals surface area contributed by atoms with E-state index in [1.54, 1.807) is 11.3 Å². The smallest absolute Gasteiger partial charge is 0.303 e. The standard InChI is InChI=1S/C10H14O2S/c1-7(2)9-5-3-8(13-9)4-6-10(11)12/h3,5,7H,4,6H2,1-2H3,(H,11,12). The highest BCUT2D eigenvalue weighted by atomic mass is 32.1. The Balaban J connectivity index is 2.54. The maximum absolute atomic E-state index is 10.3. The van der Waals surface area contributed by atoms with Crippen LogP contribution in [0.2, 0.25) is 0 Å². The summed E-state index contributed by atoms with van der Waals surface area (Å²) in [6, 6.07) is 4.12. The van der Waals surface area contributed by atoms with Crippen molar-refractivity contribution in [3.05, 3.63) is 21.9 Å². The van der Waals surface area contributed by atoms with Crippen LogP contribution in [0.25, 0.3) is 0 Å². The van der Waals surface area contributed by atoms with Crippen LogP contribution in [0.5, 0.6) is 0 Å². The largest absolute Gasteiger partial charge is 0.481 e. The average molecular weight is 198 g/mol. The number of hydrogen-bond acceptors (Lipinski definition) is 2. The summed E-state index contributed by atoms with van der Waals surface area (Å²) in [6.45, 7) is 4.29. The van der Waals surface area contributed by atoms with E-state index in [-0.39, 0.29) is 6.42 Å². The second kappa shape index (κ2) is 4.42. The zero-order valence-corrected chi connectivity index (χ0v) is 8.73. The first-order valence-corrected chi connectivity index (χ1v) is 5.21. The van der Waals surface area contributed by atoms with Crippen molar-refractivity contribution in [2.45, 2.75) is 32.6 Å². The summed E-state index contributed by atoms with van der Waals surface area (Å²) in [5, 5.41) is 8.50. The number of aryl methyl sites for hydroxylation is 1. The first kappa shape index (κ1) is 10.3. The van der Waals surface area contributed by atoms with E-state index >= 15 is 0 Å². The Morgan fingerprint density at radius 2 is 2.23 bits per heavy atom. The van der Waals surface area contributed by atoms with Gasteiger partial charge in [-0.2, -0.15) is 0 Å². The molecule has 13 heavy (non-hydrogen) atoms. The second-order valence-electron chi connectivity index (χ2n) is 3.35. The van der Waals surface area contributed by atoms with Gasteiger partial charge in [0, 0.05) is 9.75 Å². The lowest BCUT2D eigenvalue weighted by atomic mass is 10.2. The van der Waals surface area contributed by atoms with Gasteiger partial charge < -0.3 is 5.11 Å². The molecule has 0 saturated heterocycles. The minimum Gasteiger partial charge on any atom is -0.481 e. The monoisotopic (exact) mass is 198 g/mol. The van der Waals surface area contributed by atoms with E-state index in [1.165, 1.54) is 9.75 Å². The Kier molecular flexibility index (Phi) is 3.48. The van der Waals surface area contributed by atoms with Gasteiger partial charge in [-0.25, -0.2) is 0 Å². The minimum absolute atomic E-state index is 0.234. The van der Waals surface area contributed by atoms with Gasteiger partial charge in [0.05, 0.1) is 6.42 Å². The number of rotatable bonds is 4. The number of thiophene rings is 1. The molecule has 0 fully saturated rings. The maximum Gasteiger partial charge on any atom is 0.303 e. The number of aliphatic carboxylic acids is 1. The molecular formula is C10H14O2S. The Hall–Kier alpha value is -0.830. The molecule has 1 rings (SSSR count). The van der Waals surface area contributed by atoms with Gasteiger partial charge >= 0.3 is 5.97 Å². The van der Waals surface area contributed by atoms with Gasteiger partial charge in [-0.1, -0.05) is 13.8 Å². The van der Waals surface area contributed by atoms with Crippen LogP contribution in [0.4, 0.5) is 0 Å². The minimum atomic E-state index is -0.723. The van der Waals surface area contributed by atoms with Crippen molar-refractivity contribution < 1.29 is 9.90 Å². The average Bonchev–Trinajstić information content (AvgIpc) is 2.48. The van der Waals surface area contributed by atoms with Gasteiger partial charge in [-0.3, -0.25) is 4.79 Å². The molecule has 2 nitrogen and oxygen atoms in total. The molecule has 0 amide bonds. The lowest BCUT2D eigenvalue weighted by Gasteiger charge is -1.97. The molecule has 1 N–H and O–H groups in total. The molecule has 0 bridgehead atoms. The number of carboxylic acid groups (broad SMARTS) is 1. The normalized spacial score (nSPS) is 10.7. The van der Waals surface area contributed by atoms with Crippen LogP contribution < -0.4 is 0 Å². The van der Waals surface area contributed by atoms with E-state index in [1.807, 2.05) is 6.07 Å². The fourth-order valence-corrected chi connectivity index (χ4v) is 2.08.